The first-order valence-electron chi connectivity index (χ1n) is 7.57. The van der Waals surface area contributed by atoms with Crippen molar-refractivity contribution in [3.05, 3.63) is 57.0 Å². The lowest BCUT2D eigenvalue weighted by Crippen LogP contribution is -2.43. The van der Waals surface area contributed by atoms with Gasteiger partial charge >= 0.3 is 0 Å². The van der Waals surface area contributed by atoms with Gasteiger partial charge in [0, 0.05) is 33.3 Å². The van der Waals surface area contributed by atoms with Crippen LogP contribution in [-0.4, -0.2) is 11.9 Å². The van der Waals surface area contributed by atoms with Crippen LogP contribution < -0.4 is 10.2 Å². The molecule has 0 radical (unpaired) electrons. The van der Waals surface area contributed by atoms with Crippen LogP contribution in [0, 0.1) is 0 Å². The van der Waals surface area contributed by atoms with Crippen LogP contribution >= 0.6 is 31.9 Å². The summed E-state index contributed by atoms with van der Waals surface area (Å²) in [6.07, 6.45) is 0.874. The molecular weight excluding hydrogens is 420 g/mol. The zero-order chi connectivity index (χ0) is 16.6. The van der Waals surface area contributed by atoms with Gasteiger partial charge in [-0.25, -0.2) is 0 Å². The summed E-state index contributed by atoms with van der Waals surface area (Å²) in [6.45, 7) is 3.73. The van der Waals surface area contributed by atoms with E-state index in [1.807, 2.05) is 29.2 Å². The van der Waals surface area contributed by atoms with Crippen molar-refractivity contribution in [2.75, 3.05) is 10.2 Å². The first-order valence-corrected chi connectivity index (χ1v) is 9.15. The molecule has 1 aliphatic rings. The summed E-state index contributed by atoms with van der Waals surface area (Å²) in [4.78, 5) is 13.9. The third kappa shape index (κ3) is 3.45. The molecule has 0 spiro atoms. The van der Waals surface area contributed by atoms with E-state index in [0.717, 1.165) is 32.3 Å². The Balaban J connectivity index is 1.98. The Kier molecular flexibility index (Phi) is 4.78. The Labute approximate surface area is 153 Å². The molecule has 0 aromatic heterocycles. The quantitative estimate of drug-likeness (QED) is 0.671. The Bertz CT molecular complexity index is 730. The largest absolute Gasteiger partial charge is 0.378 e. The number of carbonyl (C=O) groups is 1. The van der Waals surface area contributed by atoms with Gasteiger partial charge in [-0.3, -0.25) is 4.79 Å². The van der Waals surface area contributed by atoms with Crippen LogP contribution in [0.3, 0.4) is 0 Å². The van der Waals surface area contributed by atoms with E-state index in [-0.39, 0.29) is 18.0 Å². The number of hydrogen-bond acceptors (Lipinski definition) is 2. The Morgan fingerprint density at radius 1 is 1.13 bits per heavy atom. The molecule has 120 valence electrons. The summed E-state index contributed by atoms with van der Waals surface area (Å²) < 4.78 is 2.09. The highest BCUT2D eigenvalue weighted by molar-refractivity contribution is 9.10. The van der Waals surface area contributed by atoms with Crippen molar-refractivity contribution in [2.24, 2.45) is 0 Å². The summed E-state index contributed by atoms with van der Waals surface area (Å²) in [6, 6.07) is 14.6. The molecule has 2 aromatic carbocycles. The number of nitrogens with one attached hydrogen (secondary N) is 1. The van der Waals surface area contributed by atoms with Gasteiger partial charge < -0.3 is 10.2 Å². The van der Waals surface area contributed by atoms with Crippen LogP contribution in [0.5, 0.6) is 0 Å². The molecule has 1 aliphatic heterocycles. The number of amides is 1. The smallest absolute Gasteiger partial charge is 0.224 e. The fourth-order valence-electron chi connectivity index (χ4n) is 3.20. The summed E-state index contributed by atoms with van der Waals surface area (Å²) in [5, 5.41) is 3.60. The zero-order valence-electron chi connectivity index (χ0n) is 13.0. The van der Waals surface area contributed by atoms with Crippen molar-refractivity contribution in [2.45, 2.75) is 32.4 Å². The monoisotopic (exact) mass is 436 g/mol. The molecule has 1 N–H and O–H groups in total. The maximum absolute atomic E-state index is 12.0. The lowest BCUT2D eigenvalue weighted by molar-refractivity contribution is -0.117. The predicted octanol–water partition coefficient (Wildman–Crippen LogP) is 5.51. The van der Waals surface area contributed by atoms with Crippen molar-refractivity contribution >= 4 is 49.1 Å². The SMILES string of the molecule is CC(=O)N1c2ccc(Br)cc2C(Nc2ccc(Br)cc2)CC1C. The van der Waals surface area contributed by atoms with Gasteiger partial charge in [-0.05, 0) is 61.4 Å². The van der Waals surface area contributed by atoms with Gasteiger partial charge in [0.1, 0.15) is 0 Å². The van der Waals surface area contributed by atoms with Crippen molar-refractivity contribution in [1.29, 1.82) is 0 Å². The maximum atomic E-state index is 12.0. The molecule has 0 aliphatic carbocycles. The molecule has 5 heteroatoms. The van der Waals surface area contributed by atoms with Crippen LogP contribution in [0.25, 0.3) is 0 Å². The molecule has 3 rings (SSSR count). The van der Waals surface area contributed by atoms with E-state index in [1.165, 1.54) is 0 Å². The van der Waals surface area contributed by atoms with Gasteiger partial charge in [0.05, 0.1) is 6.04 Å². The fourth-order valence-corrected chi connectivity index (χ4v) is 3.84. The third-order valence-corrected chi connectivity index (χ3v) is 5.19. The highest BCUT2D eigenvalue weighted by Gasteiger charge is 2.32. The van der Waals surface area contributed by atoms with Crippen molar-refractivity contribution < 1.29 is 4.79 Å². The first-order chi connectivity index (χ1) is 11.0. The zero-order valence-corrected chi connectivity index (χ0v) is 16.2. The average molecular weight is 438 g/mol. The summed E-state index contributed by atoms with van der Waals surface area (Å²) in [7, 11) is 0. The number of rotatable bonds is 2. The average Bonchev–Trinajstić information content (AvgIpc) is 2.49. The summed E-state index contributed by atoms with van der Waals surface area (Å²) in [5.74, 6) is 0.0863. The van der Waals surface area contributed by atoms with Gasteiger partial charge in [0.2, 0.25) is 5.91 Å². The standard InChI is InChI=1S/C18H18Br2N2O/c1-11-9-17(21-15-6-3-13(19)4-7-15)16-10-14(20)5-8-18(16)22(11)12(2)23/h3-8,10-11,17,21H,9H2,1-2H3. The van der Waals surface area contributed by atoms with Crippen LogP contribution in [0.1, 0.15) is 31.9 Å². The molecule has 1 heterocycles. The van der Waals surface area contributed by atoms with Gasteiger partial charge in [-0.15, -0.1) is 0 Å². The van der Waals surface area contributed by atoms with E-state index in [1.54, 1.807) is 6.92 Å². The second-order valence-electron chi connectivity index (χ2n) is 5.88. The molecule has 1 amide bonds. The molecular formula is C18H18Br2N2O. The first kappa shape index (κ1) is 16.5. The minimum Gasteiger partial charge on any atom is -0.378 e. The number of carbonyl (C=O) groups excluding carboxylic acids is 1. The number of anilines is 2. The van der Waals surface area contributed by atoms with E-state index in [4.69, 9.17) is 0 Å². The molecule has 2 atom stereocenters. The highest BCUT2D eigenvalue weighted by atomic mass is 79.9. The van der Waals surface area contributed by atoms with Crippen LogP contribution in [-0.2, 0) is 4.79 Å². The number of halogens is 2. The van der Waals surface area contributed by atoms with Crippen molar-refractivity contribution in [1.82, 2.24) is 0 Å². The van der Waals surface area contributed by atoms with Gasteiger partial charge in [-0.2, -0.15) is 0 Å². The number of fused-ring (bicyclic) bond motifs is 1. The summed E-state index contributed by atoms with van der Waals surface area (Å²) in [5.41, 5.74) is 3.22. The Morgan fingerprint density at radius 3 is 2.43 bits per heavy atom. The molecule has 0 bridgehead atoms. The molecule has 0 fully saturated rings. The third-order valence-electron chi connectivity index (χ3n) is 4.17. The van der Waals surface area contributed by atoms with Crippen molar-refractivity contribution in [3.63, 3.8) is 0 Å². The molecule has 0 saturated carbocycles. The lowest BCUT2D eigenvalue weighted by Gasteiger charge is -2.39. The minimum absolute atomic E-state index is 0.0863. The maximum Gasteiger partial charge on any atom is 0.224 e. The number of benzene rings is 2. The number of hydrogen-bond donors (Lipinski definition) is 1. The second-order valence-corrected chi connectivity index (χ2v) is 7.71. The molecule has 23 heavy (non-hydrogen) atoms. The second kappa shape index (κ2) is 6.65. The van der Waals surface area contributed by atoms with Crippen molar-refractivity contribution in [3.8, 4) is 0 Å². The van der Waals surface area contributed by atoms with Crippen LogP contribution in [0.4, 0.5) is 11.4 Å². The summed E-state index contributed by atoms with van der Waals surface area (Å²) >= 11 is 7.01. The Morgan fingerprint density at radius 2 is 1.78 bits per heavy atom. The highest BCUT2D eigenvalue weighted by Crippen LogP contribution is 2.40. The lowest BCUT2D eigenvalue weighted by atomic mass is 9.91. The van der Waals surface area contributed by atoms with E-state index < -0.39 is 0 Å². The fraction of sp³-hybridized carbons (Fsp3) is 0.278. The normalized spacial score (nSPS) is 20.1. The van der Waals surface area contributed by atoms with E-state index in [2.05, 4.69) is 62.3 Å². The topological polar surface area (TPSA) is 32.3 Å². The van der Waals surface area contributed by atoms with E-state index >= 15 is 0 Å². The molecule has 3 nitrogen and oxygen atoms in total. The van der Waals surface area contributed by atoms with Crippen LogP contribution in [0.15, 0.2) is 51.4 Å². The minimum atomic E-state index is 0.0863. The van der Waals surface area contributed by atoms with E-state index in [9.17, 15) is 4.79 Å². The Hall–Kier alpha value is -1.33. The molecule has 2 unspecified atom stereocenters. The van der Waals surface area contributed by atoms with E-state index in [0.29, 0.717) is 0 Å². The number of nitrogens with zero attached hydrogens (tertiary/aromatic N) is 1. The molecule has 0 saturated heterocycles. The van der Waals surface area contributed by atoms with Crippen LogP contribution in [0.2, 0.25) is 0 Å². The molecule has 2 aromatic rings. The van der Waals surface area contributed by atoms with Gasteiger partial charge in [0.15, 0.2) is 0 Å². The van der Waals surface area contributed by atoms with Gasteiger partial charge in [-0.1, -0.05) is 31.9 Å². The predicted molar refractivity (Wildman–Crippen MR) is 102 cm³/mol. The van der Waals surface area contributed by atoms with Gasteiger partial charge in [0.25, 0.3) is 0 Å².